The first-order valence-electron chi connectivity index (χ1n) is 9.49. The average molecular weight is 360 g/mol. The molecule has 4 nitrogen and oxygen atoms in total. The highest BCUT2D eigenvalue weighted by Gasteiger charge is 2.46. The quantitative estimate of drug-likeness (QED) is 0.701. The van der Waals surface area contributed by atoms with Gasteiger partial charge in [-0.3, -0.25) is 4.79 Å². The number of carbonyl (C=O) groups excluding carboxylic acids is 1. The van der Waals surface area contributed by atoms with Gasteiger partial charge in [0.1, 0.15) is 0 Å². The van der Waals surface area contributed by atoms with Crippen LogP contribution in [0.1, 0.15) is 29.9 Å². The van der Waals surface area contributed by atoms with Crippen molar-refractivity contribution in [1.29, 1.82) is 0 Å². The van der Waals surface area contributed by atoms with Crippen LogP contribution in [0.25, 0.3) is 0 Å². The number of hydrogen-bond donors (Lipinski definition) is 0. The number of oxime groups is 1. The molecule has 3 atom stereocenters. The minimum Gasteiger partial charge on any atom is -0.390 e. The van der Waals surface area contributed by atoms with Crippen LogP contribution >= 0.6 is 0 Å². The number of amides is 1. The van der Waals surface area contributed by atoms with Crippen molar-refractivity contribution in [2.24, 2.45) is 11.1 Å². The van der Waals surface area contributed by atoms with Gasteiger partial charge in [-0.25, -0.2) is 0 Å². The topological polar surface area (TPSA) is 41.9 Å². The number of carbonyl (C=O) groups is 1. The number of hydrogen-bond acceptors (Lipinski definition) is 3. The van der Waals surface area contributed by atoms with E-state index in [1.54, 1.807) is 6.08 Å². The summed E-state index contributed by atoms with van der Waals surface area (Å²) in [6, 6.07) is 20.3. The van der Waals surface area contributed by atoms with Crippen molar-refractivity contribution >= 4 is 11.6 Å². The Bertz CT molecular complexity index is 832. The van der Waals surface area contributed by atoms with E-state index in [0.29, 0.717) is 19.0 Å². The van der Waals surface area contributed by atoms with Crippen LogP contribution < -0.4 is 0 Å². The molecule has 1 amide bonds. The average Bonchev–Trinajstić information content (AvgIpc) is 3.39. The number of rotatable bonds is 7. The fraction of sp³-hybridized carbons (Fsp3) is 0.304. The molecule has 2 aliphatic rings. The molecule has 0 aromatic heterocycles. The van der Waals surface area contributed by atoms with E-state index in [4.69, 9.17) is 4.84 Å². The summed E-state index contributed by atoms with van der Waals surface area (Å²) in [6.07, 6.45) is 3.33. The fourth-order valence-corrected chi connectivity index (χ4v) is 3.75. The molecule has 1 aliphatic heterocycles. The van der Waals surface area contributed by atoms with E-state index in [-0.39, 0.29) is 17.9 Å². The van der Waals surface area contributed by atoms with E-state index < -0.39 is 0 Å². The lowest BCUT2D eigenvalue weighted by atomic mass is 10.0. The SMILES string of the molecule is C=CCN(C[C@H]1CC(c2ccccc2)=NO1)C(=O)[C@@H]1C[C@H]1c1ccccc1. The Morgan fingerprint density at radius 1 is 1.15 bits per heavy atom. The van der Waals surface area contributed by atoms with Crippen molar-refractivity contribution in [3.05, 3.63) is 84.4 Å². The highest BCUT2D eigenvalue weighted by molar-refractivity contribution is 6.01. The van der Waals surface area contributed by atoms with Crippen molar-refractivity contribution in [3.63, 3.8) is 0 Å². The summed E-state index contributed by atoms with van der Waals surface area (Å²) < 4.78 is 0. The molecule has 0 spiro atoms. The van der Waals surface area contributed by atoms with E-state index in [1.807, 2.05) is 53.4 Å². The van der Waals surface area contributed by atoms with Gasteiger partial charge in [-0.05, 0) is 23.5 Å². The Morgan fingerprint density at radius 3 is 2.56 bits per heavy atom. The highest BCUT2D eigenvalue weighted by atomic mass is 16.6. The number of nitrogens with zero attached hydrogens (tertiary/aromatic N) is 2. The Morgan fingerprint density at radius 2 is 1.85 bits per heavy atom. The molecule has 1 heterocycles. The lowest BCUT2D eigenvalue weighted by molar-refractivity contribution is -0.133. The summed E-state index contributed by atoms with van der Waals surface area (Å²) in [6.45, 7) is 4.90. The minimum absolute atomic E-state index is 0.0725. The maximum absolute atomic E-state index is 13.0. The zero-order valence-electron chi connectivity index (χ0n) is 15.3. The Balaban J connectivity index is 1.36. The molecule has 0 saturated heterocycles. The van der Waals surface area contributed by atoms with Crippen LogP contribution in [0.2, 0.25) is 0 Å². The second-order valence-electron chi connectivity index (χ2n) is 7.23. The molecule has 2 aromatic rings. The van der Waals surface area contributed by atoms with Crippen LogP contribution in [0, 0.1) is 5.92 Å². The first kappa shape index (κ1) is 17.5. The van der Waals surface area contributed by atoms with E-state index in [9.17, 15) is 4.79 Å². The van der Waals surface area contributed by atoms with Gasteiger partial charge in [0.15, 0.2) is 6.10 Å². The van der Waals surface area contributed by atoms with Crippen LogP contribution in [-0.4, -0.2) is 35.7 Å². The molecule has 2 aromatic carbocycles. The Hall–Kier alpha value is -2.88. The van der Waals surface area contributed by atoms with Crippen molar-refractivity contribution < 1.29 is 9.63 Å². The summed E-state index contributed by atoms with van der Waals surface area (Å²) in [5, 5.41) is 4.24. The van der Waals surface area contributed by atoms with Gasteiger partial charge in [0.25, 0.3) is 0 Å². The largest absolute Gasteiger partial charge is 0.390 e. The lowest BCUT2D eigenvalue weighted by Gasteiger charge is -2.23. The second-order valence-corrected chi connectivity index (χ2v) is 7.23. The molecule has 4 rings (SSSR count). The summed E-state index contributed by atoms with van der Waals surface area (Å²) >= 11 is 0. The van der Waals surface area contributed by atoms with E-state index >= 15 is 0 Å². The van der Waals surface area contributed by atoms with Gasteiger partial charge in [-0.15, -0.1) is 6.58 Å². The van der Waals surface area contributed by atoms with Crippen molar-refractivity contribution in [1.82, 2.24) is 4.90 Å². The molecule has 27 heavy (non-hydrogen) atoms. The molecule has 0 unspecified atom stereocenters. The maximum atomic E-state index is 13.0. The standard InChI is InChI=1S/C23H24N2O2/c1-2-13-25(23(26)21-15-20(21)17-9-5-3-6-10-17)16-19-14-22(24-27-19)18-11-7-4-8-12-18/h2-12,19-21H,1,13-16H2/t19-,20+,21-/m1/s1. The first-order valence-corrected chi connectivity index (χ1v) is 9.49. The zero-order chi connectivity index (χ0) is 18.6. The van der Waals surface area contributed by atoms with Gasteiger partial charge < -0.3 is 9.74 Å². The van der Waals surface area contributed by atoms with Crippen molar-refractivity contribution in [2.75, 3.05) is 13.1 Å². The van der Waals surface area contributed by atoms with Gasteiger partial charge in [-0.2, -0.15) is 0 Å². The van der Waals surface area contributed by atoms with E-state index in [2.05, 4.69) is 23.9 Å². The van der Waals surface area contributed by atoms with E-state index in [0.717, 1.165) is 24.1 Å². The summed E-state index contributed by atoms with van der Waals surface area (Å²) in [5.74, 6) is 0.607. The predicted molar refractivity (Wildman–Crippen MR) is 107 cm³/mol. The Labute approximate surface area is 160 Å². The molecular weight excluding hydrogens is 336 g/mol. The van der Waals surface area contributed by atoms with Gasteiger partial charge in [-0.1, -0.05) is 71.9 Å². The number of benzene rings is 2. The second kappa shape index (κ2) is 7.78. The third-order valence-corrected chi connectivity index (χ3v) is 5.26. The van der Waals surface area contributed by atoms with Crippen molar-refractivity contribution in [3.8, 4) is 0 Å². The van der Waals surface area contributed by atoms with Crippen LogP contribution in [0.15, 0.2) is 78.5 Å². The highest BCUT2D eigenvalue weighted by Crippen LogP contribution is 2.48. The molecular formula is C23H24N2O2. The molecule has 0 N–H and O–H groups in total. The first-order chi connectivity index (χ1) is 13.3. The summed E-state index contributed by atoms with van der Waals surface area (Å²) in [5.41, 5.74) is 3.27. The predicted octanol–water partition coefficient (Wildman–Crippen LogP) is 4.00. The molecule has 1 saturated carbocycles. The molecule has 138 valence electrons. The normalized spacial score (nSPS) is 23.3. The van der Waals surface area contributed by atoms with Gasteiger partial charge in [0, 0.05) is 18.9 Å². The van der Waals surface area contributed by atoms with Gasteiger partial charge >= 0.3 is 0 Å². The molecule has 1 fully saturated rings. The fourth-order valence-electron chi connectivity index (χ4n) is 3.75. The van der Waals surface area contributed by atoms with Crippen LogP contribution in [0.4, 0.5) is 0 Å². The Kier molecular flexibility index (Phi) is 5.05. The third kappa shape index (κ3) is 3.95. The molecule has 0 bridgehead atoms. The molecule has 0 radical (unpaired) electrons. The van der Waals surface area contributed by atoms with Crippen LogP contribution in [-0.2, 0) is 9.63 Å². The molecule has 4 heteroatoms. The van der Waals surface area contributed by atoms with Crippen LogP contribution in [0.5, 0.6) is 0 Å². The van der Waals surface area contributed by atoms with Gasteiger partial charge in [0.05, 0.1) is 12.3 Å². The van der Waals surface area contributed by atoms with Crippen molar-refractivity contribution in [2.45, 2.75) is 24.9 Å². The zero-order valence-corrected chi connectivity index (χ0v) is 15.3. The monoisotopic (exact) mass is 360 g/mol. The van der Waals surface area contributed by atoms with Crippen LogP contribution in [0.3, 0.4) is 0 Å². The summed E-state index contributed by atoms with van der Waals surface area (Å²) in [7, 11) is 0. The minimum atomic E-state index is -0.0990. The summed E-state index contributed by atoms with van der Waals surface area (Å²) in [4.78, 5) is 20.5. The lowest BCUT2D eigenvalue weighted by Crippen LogP contribution is -2.39. The maximum Gasteiger partial charge on any atom is 0.226 e. The smallest absolute Gasteiger partial charge is 0.226 e. The van der Waals surface area contributed by atoms with E-state index in [1.165, 1.54) is 5.56 Å². The van der Waals surface area contributed by atoms with Gasteiger partial charge in [0.2, 0.25) is 5.91 Å². The molecule has 1 aliphatic carbocycles. The third-order valence-electron chi connectivity index (χ3n) is 5.26.